The van der Waals surface area contributed by atoms with Crippen LogP contribution in [0.25, 0.3) is 0 Å². The van der Waals surface area contributed by atoms with Gasteiger partial charge in [0.1, 0.15) is 5.75 Å². The first kappa shape index (κ1) is 21.5. The molecule has 0 aliphatic carbocycles. The number of imidazole rings is 1. The van der Waals surface area contributed by atoms with Crippen LogP contribution in [-0.4, -0.2) is 53.1 Å². The smallest absolute Gasteiger partial charge is 0.310 e. The fraction of sp³-hybridized carbons (Fsp3) is 0.476. The largest absolute Gasteiger partial charge is 0.484 e. The lowest BCUT2D eigenvalue weighted by molar-refractivity contribution is -0.146. The highest BCUT2D eigenvalue weighted by Crippen LogP contribution is 2.13. The molecule has 0 saturated carbocycles. The van der Waals surface area contributed by atoms with Gasteiger partial charge in [-0.2, -0.15) is 0 Å². The number of methoxy groups -OCH3 is 1. The van der Waals surface area contributed by atoms with Crippen LogP contribution in [0.4, 0.5) is 0 Å². The Bertz CT molecular complexity index is 729. The van der Waals surface area contributed by atoms with E-state index in [9.17, 15) is 9.59 Å². The Labute approximate surface area is 166 Å². The number of amides is 1. The van der Waals surface area contributed by atoms with E-state index in [-0.39, 0.29) is 18.5 Å². The summed E-state index contributed by atoms with van der Waals surface area (Å²) in [6.07, 6.45) is 7.05. The van der Waals surface area contributed by atoms with Crippen LogP contribution < -0.4 is 4.74 Å². The van der Waals surface area contributed by atoms with E-state index in [4.69, 9.17) is 9.47 Å². The van der Waals surface area contributed by atoms with E-state index in [0.717, 1.165) is 19.4 Å². The molecule has 1 aromatic heterocycles. The van der Waals surface area contributed by atoms with Crippen molar-refractivity contribution in [2.24, 2.45) is 5.92 Å². The van der Waals surface area contributed by atoms with Crippen molar-refractivity contribution in [1.82, 2.24) is 14.5 Å². The molecule has 0 bridgehead atoms. The third-order valence-corrected chi connectivity index (χ3v) is 4.55. The van der Waals surface area contributed by atoms with Crippen molar-refractivity contribution in [2.75, 3.05) is 26.8 Å². The van der Waals surface area contributed by atoms with E-state index in [1.807, 2.05) is 35.0 Å². The number of carbonyl (C=O) groups is 2. The predicted molar refractivity (Wildman–Crippen MR) is 106 cm³/mol. The van der Waals surface area contributed by atoms with E-state index in [0.29, 0.717) is 18.8 Å². The van der Waals surface area contributed by atoms with Gasteiger partial charge in [-0.1, -0.05) is 26.0 Å². The number of esters is 1. The third-order valence-electron chi connectivity index (χ3n) is 4.55. The molecule has 0 spiro atoms. The molecule has 0 aliphatic heterocycles. The van der Waals surface area contributed by atoms with Crippen LogP contribution in [0.1, 0.15) is 25.8 Å². The second kappa shape index (κ2) is 11.1. The zero-order valence-electron chi connectivity index (χ0n) is 16.8. The zero-order chi connectivity index (χ0) is 20.4. The Morgan fingerprint density at radius 2 is 2.00 bits per heavy atom. The first-order valence-electron chi connectivity index (χ1n) is 9.56. The second-order valence-electron chi connectivity index (χ2n) is 6.70. The molecule has 1 heterocycles. The molecule has 7 heteroatoms. The summed E-state index contributed by atoms with van der Waals surface area (Å²) in [6, 6.07) is 7.71. The molecule has 28 heavy (non-hydrogen) atoms. The fourth-order valence-corrected chi connectivity index (χ4v) is 2.84. The Balaban J connectivity index is 1.92. The van der Waals surface area contributed by atoms with Gasteiger partial charge in [-0.05, 0) is 30.5 Å². The summed E-state index contributed by atoms with van der Waals surface area (Å²) in [5, 5.41) is 0. The molecule has 152 valence electrons. The van der Waals surface area contributed by atoms with Gasteiger partial charge in [0.15, 0.2) is 6.61 Å². The second-order valence-corrected chi connectivity index (χ2v) is 6.70. The van der Waals surface area contributed by atoms with Crippen molar-refractivity contribution in [3.8, 4) is 5.75 Å². The van der Waals surface area contributed by atoms with Crippen LogP contribution in [0.5, 0.6) is 5.75 Å². The van der Waals surface area contributed by atoms with Crippen molar-refractivity contribution in [1.29, 1.82) is 0 Å². The number of benzene rings is 1. The maximum atomic E-state index is 12.7. The van der Waals surface area contributed by atoms with Gasteiger partial charge in [0, 0.05) is 32.0 Å². The molecule has 2 aromatic rings. The summed E-state index contributed by atoms with van der Waals surface area (Å²) in [6.45, 7) is 5.35. The first-order chi connectivity index (χ1) is 13.5. The normalized spacial score (nSPS) is 11.7. The number of aryl methyl sites for hydroxylation is 2. The van der Waals surface area contributed by atoms with E-state index in [2.05, 4.69) is 11.9 Å². The molecular formula is C21H29N3O4. The van der Waals surface area contributed by atoms with Crippen LogP contribution >= 0.6 is 0 Å². The Kier molecular flexibility index (Phi) is 8.52. The van der Waals surface area contributed by atoms with Gasteiger partial charge in [0.2, 0.25) is 0 Å². The molecule has 1 amide bonds. The minimum atomic E-state index is -0.397. The summed E-state index contributed by atoms with van der Waals surface area (Å²) in [4.78, 5) is 30.2. The molecule has 0 radical (unpaired) electrons. The molecule has 0 aliphatic rings. The van der Waals surface area contributed by atoms with Gasteiger partial charge in [0.25, 0.3) is 5.91 Å². The zero-order valence-corrected chi connectivity index (χ0v) is 16.8. The number of ether oxygens (including phenoxy) is 2. The Morgan fingerprint density at radius 3 is 2.61 bits per heavy atom. The van der Waals surface area contributed by atoms with Crippen LogP contribution in [0.3, 0.4) is 0 Å². The highest BCUT2D eigenvalue weighted by Gasteiger charge is 2.21. The average molecular weight is 387 g/mol. The van der Waals surface area contributed by atoms with Crippen LogP contribution in [0.2, 0.25) is 0 Å². The van der Waals surface area contributed by atoms with Gasteiger partial charge >= 0.3 is 5.97 Å². The summed E-state index contributed by atoms with van der Waals surface area (Å²) in [7, 11) is 1.35. The number of hydrogen-bond donors (Lipinski definition) is 0. The van der Waals surface area contributed by atoms with Crippen molar-refractivity contribution < 1.29 is 19.1 Å². The van der Waals surface area contributed by atoms with E-state index in [1.54, 1.807) is 24.3 Å². The molecule has 0 saturated heterocycles. The number of aromatic nitrogens is 2. The molecule has 1 atom stereocenters. The topological polar surface area (TPSA) is 73.7 Å². The van der Waals surface area contributed by atoms with Crippen LogP contribution in [-0.2, 0) is 27.3 Å². The number of rotatable bonds is 11. The summed E-state index contributed by atoms with van der Waals surface area (Å²) in [5.41, 5.74) is 1.21. The fourth-order valence-electron chi connectivity index (χ4n) is 2.84. The molecule has 1 unspecified atom stereocenters. The average Bonchev–Trinajstić information content (AvgIpc) is 3.24. The van der Waals surface area contributed by atoms with E-state index >= 15 is 0 Å². The van der Waals surface area contributed by atoms with Gasteiger partial charge in [-0.3, -0.25) is 9.59 Å². The maximum Gasteiger partial charge on any atom is 0.310 e. The summed E-state index contributed by atoms with van der Waals surface area (Å²) < 4.78 is 12.4. The van der Waals surface area contributed by atoms with Crippen molar-refractivity contribution >= 4 is 11.9 Å². The van der Waals surface area contributed by atoms with Crippen molar-refractivity contribution in [3.05, 3.63) is 48.5 Å². The SMILES string of the molecule is CCc1ccc(OCC(=O)N(CCCn2ccnc2)CC(C)C(=O)OC)cc1. The quantitative estimate of drug-likeness (QED) is 0.554. The van der Waals surface area contributed by atoms with Gasteiger partial charge < -0.3 is 18.9 Å². The van der Waals surface area contributed by atoms with Gasteiger partial charge in [-0.25, -0.2) is 4.98 Å². The molecule has 0 fully saturated rings. The molecule has 1 aromatic carbocycles. The van der Waals surface area contributed by atoms with Crippen LogP contribution in [0.15, 0.2) is 43.0 Å². The van der Waals surface area contributed by atoms with Crippen molar-refractivity contribution in [2.45, 2.75) is 33.2 Å². The highest BCUT2D eigenvalue weighted by atomic mass is 16.5. The number of nitrogens with zero attached hydrogens (tertiary/aromatic N) is 3. The number of carbonyl (C=O) groups excluding carboxylic acids is 2. The molecular weight excluding hydrogens is 358 g/mol. The highest BCUT2D eigenvalue weighted by molar-refractivity contribution is 5.79. The van der Waals surface area contributed by atoms with E-state index in [1.165, 1.54) is 12.7 Å². The Hall–Kier alpha value is -2.83. The lowest BCUT2D eigenvalue weighted by Gasteiger charge is -2.25. The molecule has 7 nitrogen and oxygen atoms in total. The maximum absolute atomic E-state index is 12.7. The van der Waals surface area contributed by atoms with Gasteiger partial charge in [-0.15, -0.1) is 0 Å². The minimum absolute atomic E-state index is 0.0650. The molecule has 2 rings (SSSR count). The standard InChI is InChI=1S/C21H29N3O4/c1-4-18-6-8-19(9-7-18)28-15-20(25)24(14-17(2)21(26)27-3)12-5-11-23-13-10-22-16-23/h6-10,13,16-17H,4-5,11-12,14-15H2,1-3H3. The number of hydrogen-bond acceptors (Lipinski definition) is 5. The monoisotopic (exact) mass is 387 g/mol. The first-order valence-corrected chi connectivity index (χ1v) is 9.56. The van der Waals surface area contributed by atoms with Gasteiger partial charge in [0.05, 0.1) is 19.4 Å². The summed E-state index contributed by atoms with van der Waals surface area (Å²) in [5.74, 6) is -0.222. The lowest BCUT2D eigenvalue weighted by atomic mass is 10.1. The predicted octanol–water partition coefficient (Wildman–Crippen LogP) is 2.55. The lowest BCUT2D eigenvalue weighted by Crippen LogP contribution is -2.40. The third kappa shape index (κ3) is 6.72. The minimum Gasteiger partial charge on any atom is -0.484 e. The van der Waals surface area contributed by atoms with E-state index < -0.39 is 5.92 Å². The molecule has 0 N–H and O–H groups in total. The van der Waals surface area contributed by atoms with Crippen LogP contribution in [0, 0.1) is 5.92 Å². The summed E-state index contributed by atoms with van der Waals surface area (Å²) >= 11 is 0. The Morgan fingerprint density at radius 1 is 1.25 bits per heavy atom. The van der Waals surface area contributed by atoms with Crippen molar-refractivity contribution in [3.63, 3.8) is 0 Å².